The minimum atomic E-state index is -0.420. The summed E-state index contributed by atoms with van der Waals surface area (Å²) >= 11 is 0. The van der Waals surface area contributed by atoms with Gasteiger partial charge in [0, 0.05) is 49.9 Å². The van der Waals surface area contributed by atoms with Crippen molar-refractivity contribution in [3.05, 3.63) is 34.4 Å². The van der Waals surface area contributed by atoms with Gasteiger partial charge in [-0.1, -0.05) is 0 Å². The summed E-state index contributed by atoms with van der Waals surface area (Å²) in [7, 11) is 0. The molecule has 3 N–H and O–H groups in total. The molecule has 0 bridgehead atoms. The highest BCUT2D eigenvalue weighted by atomic mass is 35.5. The number of carbonyl (C=O) groups excluding carboxylic acids is 1. The number of rotatable bonds is 7. The van der Waals surface area contributed by atoms with Crippen LogP contribution < -0.4 is 11.1 Å². The maximum Gasteiger partial charge on any atom is 0.269 e. The van der Waals surface area contributed by atoms with Gasteiger partial charge in [-0.25, -0.2) is 0 Å². The molecule has 0 aliphatic carbocycles. The monoisotopic (exact) mass is 370 g/mol. The molecule has 1 amide bonds. The second-order valence-electron chi connectivity index (χ2n) is 6.41. The molecule has 140 valence electrons. The van der Waals surface area contributed by atoms with E-state index in [0.29, 0.717) is 18.9 Å². The molecule has 7 nitrogen and oxygen atoms in total. The van der Waals surface area contributed by atoms with Gasteiger partial charge in [0.05, 0.1) is 4.92 Å². The normalized spacial score (nSPS) is 16.0. The third kappa shape index (κ3) is 6.51. The lowest BCUT2D eigenvalue weighted by atomic mass is 9.91. The number of hydrogen-bond donors (Lipinski definition) is 2. The van der Waals surface area contributed by atoms with E-state index in [2.05, 4.69) is 5.32 Å². The van der Waals surface area contributed by atoms with Crippen molar-refractivity contribution >= 4 is 29.7 Å². The van der Waals surface area contributed by atoms with Crippen LogP contribution in [0.2, 0.25) is 0 Å². The highest BCUT2D eigenvalue weighted by Gasteiger charge is 2.24. The Balaban J connectivity index is 0.00000312. The number of nitrogens with zero attached hydrogens (tertiary/aromatic N) is 2. The number of benzene rings is 1. The number of hydrogen-bond acceptors (Lipinski definition) is 5. The summed E-state index contributed by atoms with van der Waals surface area (Å²) < 4.78 is 0. The number of amides is 1. The number of carbonyl (C=O) groups is 1. The molecule has 1 aromatic rings. The van der Waals surface area contributed by atoms with Gasteiger partial charge >= 0.3 is 0 Å². The zero-order valence-electron chi connectivity index (χ0n) is 14.5. The fourth-order valence-corrected chi connectivity index (χ4v) is 3.01. The summed E-state index contributed by atoms with van der Waals surface area (Å²) in [6.07, 6.45) is 3.24. The summed E-state index contributed by atoms with van der Waals surface area (Å²) in [6.45, 7) is 4.31. The van der Waals surface area contributed by atoms with E-state index in [9.17, 15) is 14.9 Å². The second kappa shape index (κ2) is 10.2. The van der Waals surface area contributed by atoms with Gasteiger partial charge in [0.15, 0.2) is 0 Å². The number of nitrogens with one attached hydrogen (secondary N) is 1. The molecule has 8 heteroatoms. The first kappa shape index (κ1) is 21.2. The zero-order valence-corrected chi connectivity index (χ0v) is 15.3. The number of likely N-dealkylation sites (tertiary alicyclic amines) is 1. The van der Waals surface area contributed by atoms with E-state index >= 15 is 0 Å². The Hall–Kier alpha value is -1.86. The fraction of sp³-hybridized carbons (Fsp3) is 0.588. The molecule has 1 saturated heterocycles. The van der Waals surface area contributed by atoms with Crippen LogP contribution in [0.5, 0.6) is 0 Å². The van der Waals surface area contributed by atoms with Crippen molar-refractivity contribution in [1.29, 1.82) is 0 Å². The van der Waals surface area contributed by atoms with Gasteiger partial charge < -0.3 is 16.0 Å². The van der Waals surface area contributed by atoms with Crippen LogP contribution in [-0.4, -0.2) is 41.4 Å². The summed E-state index contributed by atoms with van der Waals surface area (Å²) in [6, 6.07) is 6.50. The van der Waals surface area contributed by atoms with Gasteiger partial charge in [0.2, 0.25) is 5.91 Å². The van der Waals surface area contributed by atoms with Gasteiger partial charge in [-0.2, -0.15) is 0 Å². The highest BCUT2D eigenvalue weighted by molar-refractivity contribution is 5.85. The molecule has 0 saturated carbocycles. The van der Waals surface area contributed by atoms with Crippen LogP contribution in [0, 0.1) is 16.0 Å². The molecule has 1 heterocycles. The molecule has 1 aliphatic rings. The highest BCUT2D eigenvalue weighted by Crippen LogP contribution is 2.20. The smallest absolute Gasteiger partial charge is 0.269 e. The van der Waals surface area contributed by atoms with Gasteiger partial charge in [-0.05, 0) is 44.2 Å². The molecular formula is C17H27ClN4O3. The third-order valence-corrected chi connectivity index (χ3v) is 4.61. The summed E-state index contributed by atoms with van der Waals surface area (Å²) in [5.41, 5.74) is 6.82. The van der Waals surface area contributed by atoms with Crippen molar-refractivity contribution in [2.75, 3.05) is 25.0 Å². The number of nitro benzene ring substituents is 1. The molecule has 0 spiro atoms. The average molecular weight is 371 g/mol. The molecule has 0 aromatic heterocycles. The lowest BCUT2D eigenvalue weighted by Gasteiger charge is -2.33. The largest absolute Gasteiger partial charge is 0.385 e. The predicted octanol–water partition coefficient (Wildman–Crippen LogP) is 2.79. The van der Waals surface area contributed by atoms with Crippen molar-refractivity contribution < 1.29 is 9.72 Å². The first-order valence-corrected chi connectivity index (χ1v) is 8.49. The van der Waals surface area contributed by atoms with Crippen LogP contribution in [-0.2, 0) is 4.79 Å². The molecule has 1 aromatic carbocycles. The lowest BCUT2D eigenvalue weighted by Crippen LogP contribution is -2.42. The standard InChI is InChI=1S/C17H26N4O3.ClH/c1-13(18)14-8-11-20(12-9-14)17(22)3-2-10-19-15-4-6-16(7-5-15)21(23)24;/h4-7,13-14,19H,2-3,8-12,18H2,1H3;1H. The van der Waals surface area contributed by atoms with E-state index in [1.165, 1.54) is 12.1 Å². The lowest BCUT2D eigenvalue weighted by molar-refractivity contribution is -0.384. The maximum atomic E-state index is 12.2. The van der Waals surface area contributed by atoms with E-state index < -0.39 is 4.92 Å². The number of halogens is 1. The molecule has 1 unspecified atom stereocenters. The number of non-ortho nitro benzene ring substituents is 1. The van der Waals surface area contributed by atoms with Crippen molar-refractivity contribution in [1.82, 2.24) is 4.90 Å². The number of nitro groups is 1. The summed E-state index contributed by atoms with van der Waals surface area (Å²) in [4.78, 5) is 24.3. The molecule has 1 atom stereocenters. The Morgan fingerprint density at radius 2 is 1.96 bits per heavy atom. The molecule has 2 rings (SSSR count). The molecule has 1 aliphatic heterocycles. The van der Waals surface area contributed by atoms with E-state index in [0.717, 1.165) is 38.0 Å². The first-order chi connectivity index (χ1) is 11.5. The van der Waals surface area contributed by atoms with Gasteiger partial charge in [0.25, 0.3) is 5.69 Å². The van der Waals surface area contributed by atoms with Gasteiger partial charge in [-0.15, -0.1) is 12.4 Å². The first-order valence-electron chi connectivity index (χ1n) is 8.49. The van der Waals surface area contributed by atoms with Crippen molar-refractivity contribution in [3.63, 3.8) is 0 Å². The Bertz CT molecular complexity index is 558. The number of nitrogens with two attached hydrogens (primary N) is 1. The maximum absolute atomic E-state index is 12.2. The Kier molecular flexibility index (Phi) is 8.65. The Morgan fingerprint density at radius 1 is 1.36 bits per heavy atom. The van der Waals surface area contributed by atoms with Crippen LogP contribution in [0.1, 0.15) is 32.6 Å². The van der Waals surface area contributed by atoms with E-state index in [1.54, 1.807) is 12.1 Å². The minimum Gasteiger partial charge on any atom is -0.385 e. The zero-order chi connectivity index (χ0) is 17.5. The summed E-state index contributed by atoms with van der Waals surface area (Å²) in [5.74, 6) is 0.724. The topological polar surface area (TPSA) is 102 Å². The SMILES string of the molecule is CC(N)C1CCN(C(=O)CCCNc2ccc([N+](=O)[O-])cc2)CC1.Cl. The van der Waals surface area contributed by atoms with E-state index in [1.807, 2.05) is 11.8 Å². The van der Waals surface area contributed by atoms with Gasteiger partial charge in [0.1, 0.15) is 0 Å². The Morgan fingerprint density at radius 3 is 2.48 bits per heavy atom. The second-order valence-corrected chi connectivity index (χ2v) is 6.41. The fourth-order valence-electron chi connectivity index (χ4n) is 3.01. The van der Waals surface area contributed by atoms with Gasteiger partial charge in [-0.3, -0.25) is 14.9 Å². The number of piperidine rings is 1. The van der Waals surface area contributed by atoms with Crippen LogP contribution in [0.3, 0.4) is 0 Å². The Labute approximate surface area is 154 Å². The van der Waals surface area contributed by atoms with Crippen LogP contribution in [0.15, 0.2) is 24.3 Å². The van der Waals surface area contributed by atoms with Crippen LogP contribution in [0.25, 0.3) is 0 Å². The van der Waals surface area contributed by atoms with Crippen LogP contribution in [0.4, 0.5) is 11.4 Å². The quantitative estimate of drug-likeness (QED) is 0.436. The molecule has 0 radical (unpaired) electrons. The van der Waals surface area contributed by atoms with E-state index in [-0.39, 0.29) is 30.0 Å². The minimum absolute atomic E-state index is 0. The molecular weight excluding hydrogens is 344 g/mol. The van der Waals surface area contributed by atoms with Crippen molar-refractivity contribution in [3.8, 4) is 0 Å². The number of anilines is 1. The predicted molar refractivity (Wildman–Crippen MR) is 101 cm³/mol. The molecule has 25 heavy (non-hydrogen) atoms. The summed E-state index contributed by atoms with van der Waals surface area (Å²) in [5, 5.41) is 13.8. The average Bonchev–Trinajstić information content (AvgIpc) is 2.59. The van der Waals surface area contributed by atoms with E-state index in [4.69, 9.17) is 5.73 Å². The van der Waals surface area contributed by atoms with Crippen molar-refractivity contribution in [2.45, 2.75) is 38.6 Å². The van der Waals surface area contributed by atoms with Crippen LogP contribution >= 0.6 is 12.4 Å². The molecule has 1 fully saturated rings. The third-order valence-electron chi connectivity index (χ3n) is 4.61. The van der Waals surface area contributed by atoms with Crippen molar-refractivity contribution in [2.24, 2.45) is 11.7 Å².